The minimum Gasteiger partial charge on any atom is -0.496 e. The molecule has 2 amide bonds. The molecule has 0 aliphatic heterocycles. The van der Waals surface area contributed by atoms with Gasteiger partial charge in [0.25, 0.3) is 0 Å². The fourth-order valence-corrected chi connectivity index (χ4v) is 8.66. The number of hydrogen-bond acceptors (Lipinski definition) is 9. The number of nitrogens with zero attached hydrogens (tertiary/aromatic N) is 4. The Balaban J connectivity index is 1.36. The summed E-state index contributed by atoms with van der Waals surface area (Å²) in [6.45, 7) is 0.661. The number of benzene rings is 4. The number of carboxylic acids is 1. The number of hydrogen-bond donors (Lipinski definition) is 3. The van der Waals surface area contributed by atoms with Crippen LogP contribution in [0.1, 0.15) is 30.4 Å². The molecule has 8 aromatic rings. The van der Waals surface area contributed by atoms with Crippen LogP contribution < -0.4 is 20.9 Å². The Labute approximate surface area is 297 Å². The van der Waals surface area contributed by atoms with E-state index in [0.717, 1.165) is 37.2 Å². The van der Waals surface area contributed by atoms with Crippen molar-refractivity contribution in [3.05, 3.63) is 94.2 Å². The van der Waals surface area contributed by atoms with Crippen molar-refractivity contribution >= 4 is 82.7 Å². The van der Waals surface area contributed by atoms with Crippen LogP contribution in [0.25, 0.3) is 65.0 Å². The highest BCUT2D eigenvalue weighted by molar-refractivity contribution is 7.21. The number of aromatic nitrogens is 4. The number of fused-ring (bicyclic) bond motifs is 4. The first-order chi connectivity index (χ1) is 24.7. The molecule has 0 aliphatic carbocycles. The molecule has 0 saturated heterocycles. The van der Waals surface area contributed by atoms with E-state index in [2.05, 4.69) is 4.57 Å². The summed E-state index contributed by atoms with van der Waals surface area (Å²) in [6, 6.07) is 21.5. The number of carbonyl (C=O) groups is 3. The Morgan fingerprint density at radius 1 is 0.745 bits per heavy atom. The van der Waals surface area contributed by atoms with Gasteiger partial charge in [0.1, 0.15) is 28.0 Å². The molecule has 8 rings (SSSR count). The number of methoxy groups -OCH3 is 2. The van der Waals surface area contributed by atoms with Gasteiger partial charge in [0.2, 0.25) is 11.8 Å². The topological polar surface area (TPSA) is 178 Å². The van der Waals surface area contributed by atoms with Crippen LogP contribution in [0.2, 0.25) is 0 Å². The predicted molar refractivity (Wildman–Crippen MR) is 198 cm³/mol. The quantitative estimate of drug-likeness (QED) is 0.139. The molecule has 254 valence electrons. The van der Waals surface area contributed by atoms with Crippen LogP contribution in [-0.4, -0.2) is 56.2 Å². The van der Waals surface area contributed by atoms with Crippen LogP contribution >= 0.6 is 22.7 Å². The van der Waals surface area contributed by atoms with E-state index in [1.807, 2.05) is 46.3 Å². The first kappa shape index (κ1) is 32.0. The second kappa shape index (κ2) is 12.3. The van der Waals surface area contributed by atoms with Gasteiger partial charge in [0.15, 0.2) is 0 Å². The lowest BCUT2D eigenvalue weighted by Crippen LogP contribution is -2.12. The Kier molecular flexibility index (Phi) is 7.69. The average molecular weight is 717 g/mol. The zero-order valence-corrected chi connectivity index (χ0v) is 28.8. The van der Waals surface area contributed by atoms with Crippen molar-refractivity contribution in [3.8, 4) is 34.3 Å². The van der Waals surface area contributed by atoms with Crippen molar-refractivity contribution in [1.82, 2.24) is 19.1 Å². The van der Waals surface area contributed by atoms with Gasteiger partial charge in [-0.3, -0.25) is 9.59 Å². The number of amides is 2. The molecular formula is C37H28N6O6S2. The minimum atomic E-state index is -1.10. The highest BCUT2D eigenvalue weighted by Gasteiger charge is 2.27. The Morgan fingerprint density at radius 2 is 1.29 bits per heavy atom. The molecule has 0 saturated carbocycles. The molecule has 0 aliphatic rings. The third kappa shape index (κ3) is 5.14. The molecule has 14 heteroatoms. The molecular weight excluding hydrogens is 689 g/mol. The monoisotopic (exact) mass is 716 g/mol. The predicted octanol–water partition coefficient (Wildman–Crippen LogP) is 6.76. The van der Waals surface area contributed by atoms with Gasteiger partial charge in [-0.1, -0.05) is 12.1 Å². The Morgan fingerprint density at radius 3 is 1.86 bits per heavy atom. The molecule has 5 N–H and O–H groups in total. The number of aryl methyl sites for hydroxylation is 2. The zero-order chi connectivity index (χ0) is 35.6. The van der Waals surface area contributed by atoms with E-state index in [1.165, 1.54) is 7.11 Å². The van der Waals surface area contributed by atoms with Crippen LogP contribution in [0.5, 0.6) is 11.5 Å². The number of imidazole rings is 2. The smallest absolute Gasteiger partial charge is 0.346 e. The third-order valence-corrected chi connectivity index (χ3v) is 11.0. The molecule has 4 aromatic carbocycles. The fourth-order valence-electron chi connectivity index (χ4n) is 6.66. The summed E-state index contributed by atoms with van der Waals surface area (Å²) in [6.07, 6.45) is 0. The maximum absolute atomic E-state index is 12.8. The first-order valence-electron chi connectivity index (χ1n) is 15.7. The lowest BCUT2D eigenvalue weighted by Gasteiger charge is -2.14. The van der Waals surface area contributed by atoms with Crippen LogP contribution in [-0.2, 0) is 13.1 Å². The molecule has 0 atom stereocenters. The van der Waals surface area contributed by atoms with Gasteiger partial charge >= 0.3 is 5.97 Å². The van der Waals surface area contributed by atoms with Crippen molar-refractivity contribution in [1.29, 1.82) is 0 Å². The van der Waals surface area contributed by atoms with E-state index >= 15 is 0 Å². The van der Waals surface area contributed by atoms with E-state index in [-0.39, 0.29) is 10.4 Å². The SMILES string of the molecule is COc1cccc2scc(-c3nc4cc(C(N)=O)ccc4n3CCn3c(-c4c(C(=O)O)sc5cccc(OC)c45)nc4cc(C(N)=O)ccc43)c12. The van der Waals surface area contributed by atoms with Crippen molar-refractivity contribution in [2.45, 2.75) is 13.1 Å². The molecule has 4 aromatic heterocycles. The molecule has 4 heterocycles. The third-order valence-electron chi connectivity index (χ3n) is 8.95. The van der Waals surface area contributed by atoms with Gasteiger partial charge in [-0.2, -0.15) is 0 Å². The second-order valence-electron chi connectivity index (χ2n) is 11.7. The normalized spacial score (nSPS) is 11.6. The van der Waals surface area contributed by atoms with Crippen molar-refractivity contribution in [2.24, 2.45) is 11.5 Å². The number of nitrogens with two attached hydrogens (primary N) is 2. The second-order valence-corrected chi connectivity index (χ2v) is 13.7. The van der Waals surface area contributed by atoms with Crippen molar-refractivity contribution < 1.29 is 29.0 Å². The van der Waals surface area contributed by atoms with Crippen LogP contribution in [0.3, 0.4) is 0 Å². The number of rotatable bonds is 10. The van der Waals surface area contributed by atoms with Crippen molar-refractivity contribution in [2.75, 3.05) is 14.2 Å². The highest BCUT2D eigenvalue weighted by atomic mass is 32.1. The number of carbonyl (C=O) groups excluding carboxylic acids is 2. The molecule has 0 unspecified atom stereocenters. The summed E-state index contributed by atoms with van der Waals surface area (Å²) in [5.41, 5.74) is 15.6. The molecule has 0 radical (unpaired) electrons. The van der Waals surface area contributed by atoms with Crippen LogP contribution in [0, 0.1) is 0 Å². The van der Waals surface area contributed by atoms with Crippen molar-refractivity contribution in [3.63, 3.8) is 0 Å². The van der Waals surface area contributed by atoms with E-state index < -0.39 is 17.8 Å². The standard InChI is InChI=1S/C37H28N6O6S2/c1-48-25-5-3-7-27-29(25)20(17-50-27)35-40-21-15-18(33(38)44)9-11-23(21)42(35)13-14-43-24-12-10-19(34(39)45)16-22(24)41-36(43)31-30-26(49-2)6-4-8-28(30)51-32(31)37(46)47/h3-12,15-17H,13-14H2,1-2H3,(H2,38,44)(H2,39,45)(H,46,47). The maximum atomic E-state index is 12.8. The number of aromatic carboxylic acids is 1. The van der Waals surface area contributed by atoms with Gasteiger partial charge in [-0.05, 0) is 60.7 Å². The van der Waals surface area contributed by atoms with E-state index in [0.29, 0.717) is 69.3 Å². The lowest BCUT2D eigenvalue weighted by molar-refractivity contribution is 0.0702. The van der Waals surface area contributed by atoms with Gasteiger partial charge in [0, 0.05) is 55.3 Å². The molecule has 51 heavy (non-hydrogen) atoms. The number of thiophene rings is 2. The van der Waals surface area contributed by atoms with Crippen LogP contribution in [0.15, 0.2) is 78.2 Å². The first-order valence-corrected chi connectivity index (χ1v) is 17.4. The lowest BCUT2D eigenvalue weighted by atomic mass is 10.1. The molecule has 0 bridgehead atoms. The Bertz CT molecular complexity index is 2740. The van der Waals surface area contributed by atoms with E-state index in [4.69, 9.17) is 30.9 Å². The summed E-state index contributed by atoms with van der Waals surface area (Å²) >= 11 is 2.71. The zero-order valence-electron chi connectivity index (χ0n) is 27.2. The molecule has 0 spiro atoms. The average Bonchev–Trinajstić information content (AvgIpc) is 3.90. The van der Waals surface area contributed by atoms with E-state index in [9.17, 15) is 19.5 Å². The van der Waals surface area contributed by atoms with Crippen LogP contribution in [0.4, 0.5) is 0 Å². The van der Waals surface area contributed by atoms with Gasteiger partial charge < -0.3 is 35.2 Å². The summed E-state index contributed by atoms with van der Waals surface area (Å²) in [5, 5.41) is 14.0. The Hall–Kier alpha value is -6.25. The number of ether oxygens (including phenoxy) is 2. The summed E-state index contributed by atoms with van der Waals surface area (Å²) < 4.78 is 17.2. The summed E-state index contributed by atoms with van der Waals surface area (Å²) in [7, 11) is 3.17. The largest absolute Gasteiger partial charge is 0.496 e. The maximum Gasteiger partial charge on any atom is 0.346 e. The van der Waals surface area contributed by atoms with Gasteiger partial charge in [-0.15, -0.1) is 22.7 Å². The highest BCUT2D eigenvalue weighted by Crippen LogP contribution is 2.45. The van der Waals surface area contributed by atoms with Gasteiger partial charge in [0.05, 0.1) is 41.8 Å². The molecule has 0 fully saturated rings. The minimum absolute atomic E-state index is 0.103. The number of primary amides is 2. The molecule has 12 nitrogen and oxygen atoms in total. The van der Waals surface area contributed by atoms with Gasteiger partial charge in [-0.25, -0.2) is 14.8 Å². The number of carboxylic acid groups (broad SMARTS) is 1. The summed E-state index contributed by atoms with van der Waals surface area (Å²) in [5.74, 6) is -0.0148. The summed E-state index contributed by atoms with van der Waals surface area (Å²) in [4.78, 5) is 47.1. The van der Waals surface area contributed by atoms with E-state index in [1.54, 1.807) is 54.8 Å². The fraction of sp³-hybridized carbons (Fsp3) is 0.108.